The molecule has 41 heavy (non-hydrogen) atoms. The lowest BCUT2D eigenvalue weighted by Crippen LogP contribution is -2.51. The standard InChI is InChI=1S/C30H35Cl2N3O5S/c1-5-40-28-14-10-9-13-27(28)35(41(38,39)24-11-7-6-8-12-24)20-29(36)34(22(4)30(37)33-18-21(2)3)19-23-15-16-25(31)26(32)17-23/h6-17,21-22H,5,18-20H2,1-4H3,(H,33,37)/t22-/m0/s1. The number of hydrogen-bond donors (Lipinski definition) is 1. The highest BCUT2D eigenvalue weighted by molar-refractivity contribution is 7.92. The third kappa shape index (κ3) is 8.38. The number of anilines is 1. The molecule has 0 aliphatic heterocycles. The van der Waals surface area contributed by atoms with Crippen molar-refractivity contribution < 1.29 is 22.7 Å². The van der Waals surface area contributed by atoms with Gasteiger partial charge in [0.25, 0.3) is 10.0 Å². The van der Waals surface area contributed by atoms with Crippen LogP contribution in [0.25, 0.3) is 0 Å². The summed E-state index contributed by atoms with van der Waals surface area (Å²) in [4.78, 5) is 28.5. The Balaban J connectivity index is 2.06. The molecule has 3 aromatic carbocycles. The third-order valence-corrected chi connectivity index (χ3v) is 8.75. The molecule has 0 saturated carbocycles. The van der Waals surface area contributed by atoms with Crippen molar-refractivity contribution in [3.63, 3.8) is 0 Å². The predicted octanol–water partition coefficient (Wildman–Crippen LogP) is 5.78. The van der Waals surface area contributed by atoms with E-state index < -0.39 is 28.5 Å². The van der Waals surface area contributed by atoms with Crippen molar-refractivity contribution in [1.82, 2.24) is 10.2 Å². The molecule has 0 radical (unpaired) electrons. The van der Waals surface area contributed by atoms with Gasteiger partial charge in [-0.25, -0.2) is 8.42 Å². The van der Waals surface area contributed by atoms with Crippen molar-refractivity contribution in [2.75, 3.05) is 24.0 Å². The highest BCUT2D eigenvalue weighted by Crippen LogP contribution is 2.33. The second-order valence-corrected chi connectivity index (χ2v) is 12.5. The number of hydrogen-bond acceptors (Lipinski definition) is 5. The van der Waals surface area contributed by atoms with E-state index in [1.165, 1.54) is 17.0 Å². The Morgan fingerprint density at radius 1 is 0.927 bits per heavy atom. The van der Waals surface area contributed by atoms with Crippen molar-refractivity contribution in [3.05, 3.63) is 88.4 Å². The van der Waals surface area contributed by atoms with Crippen LogP contribution in [0.15, 0.2) is 77.7 Å². The number of ether oxygens (including phenoxy) is 1. The Kier molecular flexibility index (Phi) is 11.5. The molecule has 0 aliphatic rings. The summed E-state index contributed by atoms with van der Waals surface area (Å²) < 4.78 is 34.7. The van der Waals surface area contributed by atoms with E-state index in [-0.39, 0.29) is 29.0 Å². The van der Waals surface area contributed by atoms with Gasteiger partial charge in [-0.1, -0.05) is 73.4 Å². The van der Waals surface area contributed by atoms with Crippen LogP contribution in [0.5, 0.6) is 5.75 Å². The van der Waals surface area contributed by atoms with E-state index in [1.807, 2.05) is 13.8 Å². The highest BCUT2D eigenvalue weighted by Gasteiger charge is 2.33. The van der Waals surface area contributed by atoms with E-state index in [9.17, 15) is 18.0 Å². The minimum Gasteiger partial charge on any atom is -0.492 e. The van der Waals surface area contributed by atoms with Crippen LogP contribution in [0.2, 0.25) is 10.0 Å². The van der Waals surface area contributed by atoms with Crippen molar-refractivity contribution >= 4 is 50.7 Å². The topological polar surface area (TPSA) is 96.0 Å². The zero-order valence-corrected chi connectivity index (χ0v) is 25.8. The van der Waals surface area contributed by atoms with Crippen LogP contribution >= 0.6 is 23.2 Å². The van der Waals surface area contributed by atoms with E-state index in [0.717, 1.165) is 4.31 Å². The number of amides is 2. The molecule has 3 aromatic rings. The molecule has 1 N–H and O–H groups in total. The van der Waals surface area contributed by atoms with Gasteiger partial charge in [0.05, 0.1) is 27.2 Å². The average Bonchev–Trinajstić information content (AvgIpc) is 2.95. The second kappa shape index (κ2) is 14.6. The summed E-state index contributed by atoms with van der Waals surface area (Å²) in [5.41, 5.74) is 0.835. The zero-order chi connectivity index (χ0) is 30.2. The van der Waals surface area contributed by atoms with Crippen molar-refractivity contribution in [2.24, 2.45) is 5.92 Å². The summed E-state index contributed by atoms with van der Waals surface area (Å²) in [5, 5.41) is 3.51. The third-order valence-electron chi connectivity index (χ3n) is 6.23. The van der Waals surface area contributed by atoms with E-state index >= 15 is 0 Å². The van der Waals surface area contributed by atoms with Gasteiger partial charge in [0, 0.05) is 13.1 Å². The van der Waals surface area contributed by atoms with Gasteiger partial charge in [-0.15, -0.1) is 0 Å². The van der Waals surface area contributed by atoms with Crippen molar-refractivity contribution in [2.45, 2.75) is 45.2 Å². The predicted molar refractivity (Wildman–Crippen MR) is 163 cm³/mol. The molecule has 0 aromatic heterocycles. The maximum absolute atomic E-state index is 14.1. The van der Waals surface area contributed by atoms with Gasteiger partial charge < -0.3 is 15.0 Å². The summed E-state index contributed by atoms with van der Waals surface area (Å²) in [5.74, 6) is -0.443. The van der Waals surface area contributed by atoms with Crippen molar-refractivity contribution in [1.29, 1.82) is 0 Å². The number of benzene rings is 3. The lowest BCUT2D eigenvalue weighted by molar-refractivity contribution is -0.139. The summed E-state index contributed by atoms with van der Waals surface area (Å²) >= 11 is 12.3. The maximum atomic E-state index is 14.1. The lowest BCUT2D eigenvalue weighted by atomic mass is 10.1. The molecule has 0 bridgehead atoms. The van der Waals surface area contributed by atoms with E-state index in [1.54, 1.807) is 74.5 Å². The average molecular weight is 621 g/mol. The quantitative estimate of drug-likeness (QED) is 0.262. The molecule has 0 saturated heterocycles. The fourth-order valence-electron chi connectivity index (χ4n) is 4.04. The van der Waals surface area contributed by atoms with Crippen LogP contribution in [0.4, 0.5) is 5.69 Å². The molecule has 0 spiro atoms. The number of carbonyl (C=O) groups excluding carboxylic acids is 2. The fourth-order valence-corrected chi connectivity index (χ4v) is 5.81. The number of carbonyl (C=O) groups is 2. The van der Waals surface area contributed by atoms with Gasteiger partial charge in [0.2, 0.25) is 11.8 Å². The summed E-state index contributed by atoms with van der Waals surface area (Å²) in [6, 6.07) is 18.5. The van der Waals surface area contributed by atoms with Crippen LogP contribution < -0.4 is 14.4 Å². The first-order valence-corrected chi connectivity index (χ1v) is 15.5. The molecule has 8 nitrogen and oxygen atoms in total. The molecule has 0 aliphatic carbocycles. The van der Waals surface area contributed by atoms with E-state index in [2.05, 4.69) is 5.32 Å². The lowest BCUT2D eigenvalue weighted by Gasteiger charge is -2.32. The molecule has 2 amide bonds. The Morgan fingerprint density at radius 2 is 1.59 bits per heavy atom. The first-order valence-electron chi connectivity index (χ1n) is 13.3. The molecule has 0 fully saturated rings. The van der Waals surface area contributed by atoms with Gasteiger partial charge in [0.1, 0.15) is 18.3 Å². The largest absolute Gasteiger partial charge is 0.492 e. The van der Waals surface area contributed by atoms with Crippen LogP contribution in [-0.2, 0) is 26.2 Å². The number of nitrogens with one attached hydrogen (secondary N) is 1. The summed E-state index contributed by atoms with van der Waals surface area (Å²) in [7, 11) is -4.21. The van der Waals surface area contributed by atoms with Crippen molar-refractivity contribution in [3.8, 4) is 5.75 Å². The zero-order valence-electron chi connectivity index (χ0n) is 23.5. The maximum Gasteiger partial charge on any atom is 0.264 e. The van der Waals surface area contributed by atoms with Gasteiger partial charge in [-0.3, -0.25) is 13.9 Å². The minimum atomic E-state index is -4.21. The van der Waals surface area contributed by atoms with Gasteiger partial charge in [-0.2, -0.15) is 0 Å². The van der Waals surface area contributed by atoms with Crippen LogP contribution in [0, 0.1) is 5.92 Å². The Morgan fingerprint density at radius 3 is 2.22 bits per heavy atom. The highest BCUT2D eigenvalue weighted by atomic mass is 35.5. The molecule has 3 rings (SSSR count). The summed E-state index contributed by atoms with van der Waals surface area (Å²) in [6.45, 7) is 7.46. The first kappa shape index (κ1) is 32.2. The normalized spacial score (nSPS) is 12.1. The Hall–Kier alpha value is -3.27. The Bertz CT molecular complexity index is 1450. The molecular formula is C30H35Cl2N3O5S. The molecular weight excluding hydrogens is 585 g/mol. The number of nitrogens with zero attached hydrogens (tertiary/aromatic N) is 2. The number of para-hydroxylation sites is 2. The first-order chi connectivity index (χ1) is 19.4. The van der Waals surface area contributed by atoms with Crippen LogP contribution in [-0.4, -0.2) is 50.9 Å². The monoisotopic (exact) mass is 619 g/mol. The van der Waals surface area contributed by atoms with Crippen LogP contribution in [0.3, 0.4) is 0 Å². The smallest absolute Gasteiger partial charge is 0.264 e. The number of halogens is 2. The van der Waals surface area contributed by atoms with Gasteiger partial charge >= 0.3 is 0 Å². The molecule has 220 valence electrons. The van der Waals surface area contributed by atoms with Gasteiger partial charge in [0.15, 0.2) is 0 Å². The molecule has 0 heterocycles. The number of rotatable bonds is 13. The van der Waals surface area contributed by atoms with E-state index in [0.29, 0.717) is 34.5 Å². The van der Waals surface area contributed by atoms with E-state index in [4.69, 9.17) is 27.9 Å². The van der Waals surface area contributed by atoms with Gasteiger partial charge in [-0.05, 0) is 61.7 Å². The van der Waals surface area contributed by atoms with Crippen LogP contribution in [0.1, 0.15) is 33.3 Å². The second-order valence-electron chi connectivity index (χ2n) is 9.81. The Labute approximate surface area is 252 Å². The SMILES string of the molecule is CCOc1ccccc1N(CC(=O)N(Cc1ccc(Cl)c(Cl)c1)[C@@H](C)C(=O)NCC(C)C)S(=O)(=O)c1ccccc1. The molecule has 0 unspecified atom stereocenters. The molecule has 11 heteroatoms. The molecule has 1 atom stereocenters. The summed E-state index contributed by atoms with van der Waals surface area (Å²) in [6.07, 6.45) is 0. The number of sulfonamides is 1. The minimum absolute atomic E-state index is 0.00167. The fraction of sp³-hybridized carbons (Fsp3) is 0.333.